The molecule has 0 fully saturated rings. The summed E-state index contributed by atoms with van der Waals surface area (Å²) in [5.74, 6) is -1.03. The van der Waals surface area contributed by atoms with Crippen molar-refractivity contribution in [3.8, 4) is 11.5 Å². The van der Waals surface area contributed by atoms with E-state index in [2.05, 4.69) is 5.32 Å². The van der Waals surface area contributed by atoms with Gasteiger partial charge in [0.15, 0.2) is 0 Å². The number of hydrogen-bond donors (Lipinski definition) is 3. The number of benzene rings is 2. The van der Waals surface area contributed by atoms with Gasteiger partial charge in [-0.1, -0.05) is 6.07 Å². The van der Waals surface area contributed by atoms with Crippen molar-refractivity contribution in [1.82, 2.24) is 0 Å². The number of phenols is 1. The van der Waals surface area contributed by atoms with E-state index in [1.165, 1.54) is 37.4 Å². The van der Waals surface area contributed by atoms with Gasteiger partial charge in [0.1, 0.15) is 17.3 Å². The van der Waals surface area contributed by atoms with Crippen molar-refractivity contribution in [3.63, 3.8) is 0 Å². The first-order valence-electron chi connectivity index (χ1n) is 6.22. The van der Waals surface area contributed by atoms with Crippen LogP contribution in [-0.2, 0) is 6.54 Å². The second-order valence-electron chi connectivity index (χ2n) is 4.36. The summed E-state index contributed by atoms with van der Waals surface area (Å²) in [7, 11) is 1.45. The van der Waals surface area contributed by atoms with Crippen LogP contribution in [0.15, 0.2) is 36.4 Å². The normalized spacial score (nSPS) is 10.2. The summed E-state index contributed by atoms with van der Waals surface area (Å²) in [5.41, 5.74) is 6.08. The van der Waals surface area contributed by atoms with E-state index in [4.69, 9.17) is 10.5 Å². The quantitative estimate of drug-likeness (QED) is 0.806. The first-order chi connectivity index (χ1) is 10.0. The lowest BCUT2D eigenvalue weighted by molar-refractivity contribution is 0.102. The van der Waals surface area contributed by atoms with Gasteiger partial charge in [-0.3, -0.25) is 4.79 Å². The molecule has 4 N–H and O–H groups in total. The van der Waals surface area contributed by atoms with Gasteiger partial charge in [-0.05, 0) is 29.8 Å². The summed E-state index contributed by atoms with van der Waals surface area (Å²) < 4.78 is 18.7. The monoisotopic (exact) mass is 290 g/mol. The molecule has 5 nitrogen and oxygen atoms in total. The lowest BCUT2D eigenvalue weighted by atomic mass is 10.1. The highest BCUT2D eigenvalue weighted by molar-refractivity contribution is 6.06. The fourth-order valence-corrected chi connectivity index (χ4v) is 1.81. The lowest BCUT2D eigenvalue weighted by Crippen LogP contribution is -2.13. The molecule has 0 heterocycles. The van der Waals surface area contributed by atoms with E-state index in [1.807, 2.05) is 0 Å². The zero-order valence-corrected chi connectivity index (χ0v) is 11.4. The van der Waals surface area contributed by atoms with Crippen molar-refractivity contribution in [2.24, 2.45) is 5.73 Å². The summed E-state index contributed by atoms with van der Waals surface area (Å²) in [5, 5.41) is 12.2. The zero-order valence-electron chi connectivity index (χ0n) is 11.4. The molecule has 0 aliphatic carbocycles. The fraction of sp³-hybridized carbons (Fsp3) is 0.133. The molecule has 2 aromatic carbocycles. The van der Waals surface area contributed by atoms with Crippen LogP contribution in [0.2, 0.25) is 0 Å². The number of anilines is 1. The number of nitrogens with one attached hydrogen (secondary N) is 1. The number of hydrogen-bond acceptors (Lipinski definition) is 4. The number of carbonyl (C=O) groups excluding carboxylic acids is 1. The summed E-state index contributed by atoms with van der Waals surface area (Å²) in [4.78, 5) is 12.0. The van der Waals surface area contributed by atoms with Gasteiger partial charge in [0.2, 0.25) is 0 Å². The SMILES string of the molecule is COc1ccc(C(=O)Nc2ccc(CN)cc2F)c(O)c1. The third-order valence-corrected chi connectivity index (χ3v) is 2.97. The van der Waals surface area contributed by atoms with Crippen molar-refractivity contribution >= 4 is 11.6 Å². The Morgan fingerprint density at radius 2 is 2.10 bits per heavy atom. The summed E-state index contributed by atoms with van der Waals surface area (Å²) >= 11 is 0. The summed E-state index contributed by atoms with van der Waals surface area (Å²) in [6.07, 6.45) is 0. The van der Waals surface area contributed by atoms with Crippen molar-refractivity contribution in [2.45, 2.75) is 6.54 Å². The van der Waals surface area contributed by atoms with Gasteiger partial charge >= 0.3 is 0 Å². The average Bonchev–Trinajstić information content (AvgIpc) is 2.48. The maximum Gasteiger partial charge on any atom is 0.259 e. The van der Waals surface area contributed by atoms with Crippen LogP contribution in [0.5, 0.6) is 11.5 Å². The number of amides is 1. The molecule has 110 valence electrons. The molecule has 2 aromatic rings. The van der Waals surface area contributed by atoms with E-state index in [0.29, 0.717) is 11.3 Å². The van der Waals surface area contributed by atoms with Gasteiger partial charge < -0.3 is 20.9 Å². The fourth-order valence-electron chi connectivity index (χ4n) is 1.81. The zero-order chi connectivity index (χ0) is 15.4. The number of carbonyl (C=O) groups is 1. The molecule has 0 radical (unpaired) electrons. The van der Waals surface area contributed by atoms with Crippen LogP contribution in [-0.4, -0.2) is 18.1 Å². The van der Waals surface area contributed by atoms with Gasteiger partial charge in [0.05, 0.1) is 18.4 Å². The Labute approximate surface area is 121 Å². The highest BCUT2D eigenvalue weighted by Gasteiger charge is 2.14. The molecule has 0 aliphatic rings. The van der Waals surface area contributed by atoms with Crippen LogP contribution in [0.1, 0.15) is 15.9 Å². The standard InChI is InChI=1S/C15H15FN2O3/c1-21-10-3-4-11(14(19)7-10)15(20)18-13-5-2-9(8-17)6-12(13)16/h2-7,19H,8,17H2,1H3,(H,18,20). The molecule has 21 heavy (non-hydrogen) atoms. The molecule has 0 unspecified atom stereocenters. The van der Waals surface area contributed by atoms with E-state index in [1.54, 1.807) is 6.07 Å². The number of halogens is 1. The third-order valence-electron chi connectivity index (χ3n) is 2.97. The molecule has 2 rings (SSSR count). The smallest absolute Gasteiger partial charge is 0.259 e. The maximum absolute atomic E-state index is 13.8. The highest BCUT2D eigenvalue weighted by atomic mass is 19.1. The van der Waals surface area contributed by atoms with E-state index >= 15 is 0 Å². The molecular formula is C15H15FN2O3. The average molecular weight is 290 g/mol. The molecule has 0 aromatic heterocycles. The second kappa shape index (κ2) is 6.23. The van der Waals surface area contributed by atoms with Crippen molar-refractivity contribution < 1.29 is 19.0 Å². The predicted molar refractivity (Wildman–Crippen MR) is 76.9 cm³/mol. The van der Waals surface area contributed by atoms with Crippen LogP contribution in [0.3, 0.4) is 0 Å². The third kappa shape index (κ3) is 3.29. The van der Waals surface area contributed by atoms with E-state index in [9.17, 15) is 14.3 Å². The summed E-state index contributed by atoms with van der Waals surface area (Å²) in [6, 6.07) is 8.53. The number of phenolic OH excluding ortho intramolecular Hbond substituents is 1. The van der Waals surface area contributed by atoms with Crippen LogP contribution in [0.4, 0.5) is 10.1 Å². The minimum absolute atomic E-state index is 0.0208. The molecule has 0 aliphatic heterocycles. The van der Waals surface area contributed by atoms with Crippen LogP contribution in [0, 0.1) is 5.82 Å². The van der Waals surface area contributed by atoms with Crippen molar-refractivity contribution in [3.05, 3.63) is 53.3 Å². The second-order valence-corrected chi connectivity index (χ2v) is 4.36. The van der Waals surface area contributed by atoms with Gasteiger partial charge in [0.25, 0.3) is 5.91 Å². The topological polar surface area (TPSA) is 84.6 Å². The number of aromatic hydroxyl groups is 1. The van der Waals surface area contributed by atoms with Crippen LogP contribution >= 0.6 is 0 Å². The molecule has 0 bridgehead atoms. The van der Waals surface area contributed by atoms with E-state index in [0.717, 1.165) is 0 Å². The maximum atomic E-state index is 13.8. The number of ether oxygens (including phenoxy) is 1. The Morgan fingerprint density at radius 3 is 2.67 bits per heavy atom. The Kier molecular flexibility index (Phi) is 4.39. The van der Waals surface area contributed by atoms with Crippen LogP contribution < -0.4 is 15.8 Å². The van der Waals surface area contributed by atoms with Gasteiger partial charge in [0, 0.05) is 12.6 Å². The van der Waals surface area contributed by atoms with Gasteiger partial charge in [-0.15, -0.1) is 0 Å². The Hall–Kier alpha value is -2.60. The van der Waals surface area contributed by atoms with Gasteiger partial charge in [-0.2, -0.15) is 0 Å². The summed E-state index contributed by atoms with van der Waals surface area (Å²) in [6.45, 7) is 0.213. The molecule has 0 spiro atoms. The van der Waals surface area contributed by atoms with Crippen molar-refractivity contribution in [1.29, 1.82) is 0 Å². The Balaban J connectivity index is 2.22. The molecule has 1 amide bonds. The molecule has 0 saturated carbocycles. The molecular weight excluding hydrogens is 275 g/mol. The minimum Gasteiger partial charge on any atom is -0.507 e. The molecule has 0 atom stereocenters. The highest BCUT2D eigenvalue weighted by Crippen LogP contribution is 2.25. The van der Waals surface area contributed by atoms with Crippen molar-refractivity contribution in [2.75, 3.05) is 12.4 Å². The van der Waals surface area contributed by atoms with Gasteiger partial charge in [-0.25, -0.2) is 4.39 Å². The molecule has 0 saturated heterocycles. The van der Waals surface area contributed by atoms with E-state index < -0.39 is 11.7 Å². The van der Waals surface area contributed by atoms with E-state index in [-0.39, 0.29) is 23.5 Å². The molecule has 6 heteroatoms. The number of methoxy groups -OCH3 is 1. The lowest BCUT2D eigenvalue weighted by Gasteiger charge is -2.09. The minimum atomic E-state index is -0.616. The Morgan fingerprint density at radius 1 is 1.33 bits per heavy atom. The Bertz CT molecular complexity index is 674. The first kappa shape index (κ1) is 14.8. The first-order valence-corrected chi connectivity index (χ1v) is 6.22. The largest absolute Gasteiger partial charge is 0.507 e. The number of nitrogens with two attached hydrogens (primary N) is 1. The number of rotatable bonds is 4. The predicted octanol–water partition coefficient (Wildman–Crippen LogP) is 2.25. The van der Waals surface area contributed by atoms with Crippen LogP contribution in [0.25, 0.3) is 0 Å².